The summed E-state index contributed by atoms with van der Waals surface area (Å²) in [4.78, 5) is 4.79. The molecular weight excluding hydrogens is 430 g/mol. The van der Waals surface area contributed by atoms with Crippen LogP contribution in [0.1, 0.15) is 53.0 Å². The Bertz CT molecular complexity index is 1200. The minimum Gasteiger partial charge on any atom is -0.338 e. The molecule has 0 fully saturated rings. The molecule has 0 radical (unpaired) electrons. The van der Waals surface area contributed by atoms with Crippen molar-refractivity contribution in [1.82, 2.24) is 15.5 Å². The molecule has 1 heterocycles. The molecule has 1 aromatic heterocycles. The minimum absolute atomic E-state index is 0.0791. The first-order valence-corrected chi connectivity index (χ1v) is 11.9. The van der Waals surface area contributed by atoms with Gasteiger partial charge >= 0.3 is 0 Å². The highest BCUT2D eigenvalue weighted by atomic mass is 35.5. The van der Waals surface area contributed by atoms with E-state index in [0.29, 0.717) is 16.7 Å². The number of hydrogen-bond donors (Lipinski definition) is 1. The summed E-state index contributed by atoms with van der Waals surface area (Å²) in [6, 6.07) is 22.8. The number of halogens is 1. The van der Waals surface area contributed by atoms with E-state index >= 15 is 0 Å². The number of nitrogens with zero attached hydrogens (tertiary/aromatic N) is 2. The summed E-state index contributed by atoms with van der Waals surface area (Å²) in [5.74, 6) is 1.12. The van der Waals surface area contributed by atoms with Crippen molar-refractivity contribution in [2.45, 2.75) is 46.1 Å². The normalized spacial score (nSPS) is 12.1. The van der Waals surface area contributed by atoms with Gasteiger partial charge in [0.2, 0.25) is 11.7 Å². The summed E-state index contributed by atoms with van der Waals surface area (Å²) >= 11 is 6.31. The van der Waals surface area contributed by atoms with Crippen molar-refractivity contribution in [3.8, 4) is 11.4 Å². The Kier molecular flexibility index (Phi) is 7.58. The molecule has 0 amide bonds. The van der Waals surface area contributed by atoms with Crippen LogP contribution in [-0.2, 0) is 13.0 Å². The largest absolute Gasteiger partial charge is 0.338 e. The first-order valence-electron chi connectivity index (χ1n) is 11.5. The fraction of sp³-hybridized carbons (Fsp3) is 0.286. The highest BCUT2D eigenvalue weighted by Gasteiger charge is 2.23. The van der Waals surface area contributed by atoms with Crippen LogP contribution in [0.2, 0.25) is 5.02 Å². The van der Waals surface area contributed by atoms with Gasteiger partial charge in [-0.05, 0) is 73.2 Å². The molecule has 0 spiro atoms. The second-order valence-electron chi connectivity index (χ2n) is 8.56. The molecule has 1 atom stereocenters. The summed E-state index contributed by atoms with van der Waals surface area (Å²) in [6.45, 7) is 8.31. The van der Waals surface area contributed by atoms with E-state index in [0.717, 1.165) is 37.1 Å². The molecule has 5 heteroatoms. The molecular formula is C28H30ClN3O. The summed E-state index contributed by atoms with van der Waals surface area (Å²) < 4.78 is 5.79. The van der Waals surface area contributed by atoms with Crippen molar-refractivity contribution in [2.75, 3.05) is 6.54 Å². The minimum atomic E-state index is -0.0791. The Balaban J connectivity index is 1.61. The van der Waals surface area contributed by atoms with E-state index in [9.17, 15) is 0 Å². The second-order valence-corrected chi connectivity index (χ2v) is 9.00. The molecule has 33 heavy (non-hydrogen) atoms. The molecule has 1 unspecified atom stereocenters. The number of aromatic nitrogens is 2. The van der Waals surface area contributed by atoms with Crippen molar-refractivity contribution in [1.29, 1.82) is 0 Å². The van der Waals surface area contributed by atoms with Gasteiger partial charge in [-0.1, -0.05) is 78.3 Å². The standard InChI is InChI=1S/C28H30ClN3O/c1-4-14-30-18-21-10-12-23(13-11-21)27-31-28(33-32-27)26(24-6-5-7-25(29)17-24)16-22-9-8-19(2)20(3)15-22/h5-13,15,17,26,30H,4,14,16,18H2,1-3H3. The van der Waals surface area contributed by atoms with Crippen LogP contribution in [0, 0.1) is 13.8 Å². The number of nitrogens with one attached hydrogen (secondary N) is 1. The van der Waals surface area contributed by atoms with Gasteiger partial charge in [0.25, 0.3) is 0 Å². The summed E-state index contributed by atoms with van der Waals surface area (Å²) in [5, 5.41) is 8.42. The molecule has 0 saturated carbocycles. The third-order valence-electron chi connectivity index (χ3n) is 5.97. The van der Waals surface area contributed by atoms with Crippen LogP contribution < -0.4 is 5.32 Å². The van der Waals surface area contributed by atoms with Crippen LogP contribution in [-0.4, -0.2) is 16.7 Å². The first kappa shape index (κ1) is 23.2. The molecule has 4 aromatic rings. The molecule has 0 aliphatic rings. The van der Waals surface area contributed by atoms with E-state index in [-0.39, 0.29) is 5.92 Å². The lowest BCUT2D eigenvalue weighted by Gasteiger charge is -2.15. The average molecular weight is 460 g/mol. The van der Waals surface area contributed by atoms with E-state index in [2.05, 4.69) is 79.8 Å². The van der Waals surface area contributed by atoms with Crippen LogP contribution in [0.4, 0.5) is 0 Å². The third kappa shape index (κ3) is 5.89. The SMILES string of the molecule is CCCNCc1ccc(-c2noc(C(Cc3ccc(C)c(C)c3)c3cccc(Cl)c3)n2)cc1. The van der Waals surface area contributed by atoms with Gasteiger partial charge in [0.05, 0.1) is 5.92 Å². The van der Waals surface area contributed by atoms with Crippen LogP contribution in [0.3, 0.4) is 0 Å². The average Bonchev–Trinajstić information content (AvgIpc) is 3.30. The Morgan fingerprint density at radius 2 is 1.73 bits per heavy atom. The van der Waals surface area contributed by atoms with Gasteiger partial charge in [-0.3, -0.25) is 0 Å². The van der Waals surface area contributed by atoms with Crippen molar-refractivity contribution >= 4 is 11.6 Å². The number of benzene rings is 3. The molecule has 4 nitrogen and oxygen atoms in total. The predicted molar refractivity (Wildman–Crippen MR) is 135 cm³/mol. The third-order valence-corrected chi connectivity index (χ3v) is 6.21. The van der Waals surface area contributed by atoms with Crippen LogP contribution in [0.25, 0.3) is 11.4 Å². The maximum Gasteiger partial charge on any atom is 0.234 e. The molecule has 0 aliphatic carbocycles. The van der Waals surface area contributed by atoms with E-state index in [1.807, 2.05) is 18.2 Å². The van der Waals surface area contributed by atoms with Crippen LogP contribution >= 0.6 is 11.6 Å². The Hall–Kier alpha value is -2.95. The lowest BCUT2D eigenvalue weighted by Crippen LogP contribution is -2.13. The van der Waals surface area contributed by atoms with Crippen molar-refractivity contribution in [3.05, 3.63) is 105 Å². The zero-order chi connectivity index (χ0) is 23.2. The van der Waals surface area contributed by atoms with Crippen LogP contribution in [0.5, 0.6) is 0 Å². The Labute approximate surface area is 201 Å². The van der Waals surface area contributed by atoms with Crippen LogP contribution in [0.15, 0.2) is 71.3 Å². The Morgan fingerprint density at radius 3 is 2.45 bits per heavy atom. The van der Waals surface area contributed by atoms with Gasteiger partial charge in [-0.2, -0.15) is 4.98 Å². The van der Waals surface area contributed by atoms with E-state index in [1.54, 1.807) is 0 Å². The topological polar surface area (TPSA) is 51.0 Å². The molecule has 3 aromatic carbocycles. The maximum atomic E-state index is 6.31. The lowest BCUT2D eigenvalue weighted by molar-refractivity contribution is 0.365. The first-order chi connectivity index (χ1) is 16.0. The summed E-state index contributed by atoms with van der Waals surface area (Å²) in [6.07, 6.45) is 1.88. The summed E-state index contributed by atoms with van der Waals surface area (Å²) in [5.41, 5.74) is 7.03. The highest BCUT2D eigenvalue weighted by molar-refractivity contribution is 6.30. The van der Waals surface area contributed by atoms with Gasteiger partial charge in [0.15, 0.2) is 0 Å². The van der Waals surface area contributed by atoms with E-state index in [4.69, 9.17) is 21.1 Å². The highest BCUT2D eigenvalue weighted by Crippen LogP contribution is 2.31. The zero-order valence-electron chi connectivity index (χ0n) is 19.4. The molecule has 170 valence electrons. The molecule has 0 aliphatic heterocycles. The van der Waals surface area contributed by atoms with Gasteiger partial charge in [-0.25, -0.2) is 0 Å². The predicted octanol–water partition coefficient (Wildman–Crippen LogP) is 6.88. The lowest BCUT2D eigenvalue weighted by atomic mass is 9.90. The number of hydrogen-bond acceptors (Lipinski definition) is 4. The molecule has 4 rings (SSSR count). The smallest absolute Gasteiger partial charge is 0.234 e. The Morgan fingerprint density at radius 1 is 0.939 bits per heavy atom. The van der Waals surface area contributed by atoms with Crippen molar-refractivity contribution in [3.63, 3.8) is 0 Å². The fourth-order valence-corrected chi connectivity index (χ4v) is 4.11. The van der Waals surface area contributed by atoms with Gasteiger partial charge in [-0.15, -0.1) is 0 Å². The maximum absolute atomic E-state index is 6.31. The second kappa shape index (κ2) is 10.8. The quantitative estimate of drug-likeness (QED) is 0.277. The molecule has 0 saturated heterocycles. The van der Waals surface area contributed by atoms with Gasteiger partial charge in [0, 0.05) is 17.1 Å². The fourth-order valence-electron chi connectivity index (χ4n) is 3.91. The van der Waals surface area contributed by atoms with Crippen molar-refractivity contribution < 1.29 is 4.52 Å². The number of aryl methyl sites for hydroxylation is 2. The molecule has 0 bridgehead atoms. The van der Waals surface area contributed by atoms with Crippen molar-refractivity contribution in [2.24, 2.45) is 0 Å². The monoisotopic (exact) mass is 459 g/mol. The summed E-state index contributed by atoms with van der Waals surface area (Å²) in [7, 11) is 0. The van der Waals surface area contributed by atoms with E-state index < -0.39 is 0 Å². The molecule has 1 N–H and O–H groups in total. The number of rotatable bonds is 9. The zero-order valence-corrected chi connectivity index (χ0v) is 20.2. The van der Waals surface area contributed by atoms with Gasteiger partial charge in [0.1, 0.15) is 0 Å². The van der Waals surface area contributed by atoms with Gasteiger partial charge < -0.3 is 9.84 Å². The van der Waals surface area contributed by atoms with E-state index in [1.165, 1.54) is 22.3 Å².